The van der Waals surface area contributed by atoms with Gasteiger partial charge in [0.1, 0.15) is 5.75 Å². The molecule has 0 heterocycles. The van der Waals surface area contributed by atoms with E-state index >= 15 is 0 Å². The van der Waals surface area contributed by atoms with Crippen molar-refractivity contribution in [1.82, 2.24) is 0 Å². The number of carbonyl (C=O) groups is 1. The van der Waals surface area contributed by atoms with Gasteiger partial charge in [0.25, 0.3) is 0 Å². The number of ether oxygens (including phenoxy) is 1. The number of carbonyl (C=O) groups excluding carboxylic acids is 1. The summed E-state index contributed by atoms with van der Waals surface area (Å²) >= 11 is 2.25. The zero-order valence-electron chi connectivity index (χ0n) is 11.9. The van der Waals surface area contributed by atoms with Crippen molar-refractivity contribution < 1.29 is 9.53 Å². The van der Waals surface area contributed by atoms with Crippen LogP contribution in [0.5, 0.6) is 5.75 Å². The number of methoxy groups -OCH3 is 1. The predicted octanol–water partition coefficient (Wildman–Crippen LogP) is 4.26. The lowest BCUT2D eigenvalue weighted by Gasteiger charge is -2.07. The Balaban J connectivity index is 2.09. The molecule has 0 spiro atoms. The molecule has 0 aliphatic heterocycles. The molecule has 0 bridgehead atoms. The van der Waals surface area contributed by atoms with Gasteiger partial charge in [-0.1, -0.05) is 18.2 Å². The van der Waals surface area contributed by atoms with Gasteiger partial charge in [0, 0.05) is 20.9 Å². The van der Waals surface area contributed by atoms with Crippen LogP contribution in [0.2, 0.25) is 0 Å². The van der Waals surface area contributed by atoms with Gasteiger partial charge in [-0.05, 0) is 65.4 Å². The minimum absolute atomic E-state index is 0.162. The Hall–Kier alpha value is -1.82. The molecule has 1 amide bonds. The summed E-state index contributed by atoms with van der Waals surface area (Å²) in [6, 6.07) is 13.5. The lowest BCUT2D eigenvalue weighted by atomic mass is 10.2. The average molecular weight is 393 g/mol. The number of rotatable bonds is 4. The molecule has 3 nitrogen and oxygen atoms in total. The van der Waals surface area contributed by atoms with E-state index in [0.29, 0.717) is 0 Å². The van der Waals surface area contributed by atoms with Gasteiger partial charge >= 0.3 is 0 Å². The second-order valence-corrected chi connectivity index (χ2v) is 5.77. The highest BCUT2D eigenvalue weighted by molar-refractivity contribution is 14.1. The lowest BCUT2D eigenvalue weighted by molar-refractivity contribution is -0.111. The standard InChI is InChI=1S/C17H16INO2/c1-12-11-14(18)8-9-15(12)19-17(20)10-7-13-5-3-4-6-16(13)21-2/h3-11H,1-2H3,(H,19,20)/b10-7+. The van der Waals surface area contributed by atoms with E-state index in [0.717, 1.165) is 26.1 Å². The summed E-state index contributed by atoms with van der Waals surface area (Å²) < 4.78 is 6.39. The Bertz CT molecular complexity index is 680. The van der Waals surface area contributed by atoms with E-state index in [2.05, 4.69) is 27.9 Å². The Labute approximate surface area is 138 Å². The van der Waals surface area contributed by atoms with Crippen LogP contribution < -0.4 is 10.1 Å². The van der Waals surface area contributed by atoms with Crippen LogP contribution in [-0.2, 0) is 4.79 Å². The highest BCUT2D eigenvalue weighted by Crippen LogP contribution is 2.20. The Morgan fingerprint density at radius 1 is 1.24 bits per heavy atom. The molecule has 0 fully saturated rings. The first-order valence-electron chi connectivity index (χ1n) is 6.48. The first-order valence-corrected chi connectivity index (χ1v) is 7.56. The van der Waals surface area contributed by atoms with Crippen molar-refractivity contribution >= 4 is 40.3 Å². The van der Waals surface area contributed by atoms with Gasteiger partial charge in [0.2, 0.25) is 5.91 Å². The van der Waals surface area contributed by atoms with E-state index in [9.17, 15) is 4.79 Å². The van der Waals surface area contributed by atoms with Crippen LogP contribution in [0.4, 0.5) is 5.69 Å². The number of halogens is 1. The van der Waals surface area contributed by atoms with Gasteiger partial charge in [-0.2, -0.15) is 0 Å². The number of aryl methyl sites for hydroxylation is 1. The molecule has 0 radical (unpaired) electrons. The van der Waals surface area contributed by atoms with E-state index in [1.165, 1.54) is 6.08 Å². The molecule has 0 aliphatic rings. The number of hydrogen-bond donors (Lipinski definition) is 1. The lowest BCUT2D eigenvalue weighted by Crippen LogP contribution is -2.09. The van der Waals surface area contributed by atoms with Crippen LogP contribution in [0.1, 0.15) is 11.1 Å². The smallest absolute Gasteiger partial charge is 0.248 e. The van der Waals surface area contributed by atoms with Gasteiger partial charge in [0.15, 0.2) is 0 Å². The van der Waals surface area contributed by atoms with Crippen molar-refractivity contribution in [2.75, 3.05) is 12.4 Å². The number of benzene rings is 2. The molecule has 2 rings (SSSR count). The fourth-order valence-electron chi connectivity index (χ4n) is 1.91. The van der Waals surface area contributed by atoms with Gasteiger partial charge in [-0.3, -0.25) is 4.79 Å². The molecular weight excluding hydrogens is 377 g/mol. The van der Waals surface area contributed by atoms with Crippen LogP contribution in [0.3, 0.4) is 0 Å². The van der Waals surface area contributed by atoms with Crippen molar-refractivity contribution in [3.05, 3.63) is 63.2 Å². The molecule has 2 aromatic carbocycles. The molecule has 0 aromatic heterocycles. The molecule has 0 unspecified atom stereocenters. The van der Waals surface area contributed by atoms with Crippen LogP contribution in [0.15, 0.2) is 48.5 Å². The van der Waals surface area contributed by atoms with E-state index < -0.39 is 0 Å². The number of anilines is 1. The molecular formula is C17H16INO2. The molecule has 0 aliphatic carbocycles. The van der Waals surface area contributed by atoms with Crippen molar-refractivity contribution in [2.24, 2.45) is 0 Å². The van der Waals surface area contributed by atoms with E-state index in [-0.39, 0.29) is 5.91 Å². The third-order valence-corrected chi connectivity index (χ3v) is 3.67. The van der Waals surface area contributed by atoms with Gasteiger partial charge in [-0.25, -0.2) is 0 Å². The maximum Gasteiger partial charge on any atom is 0.248 e. The first-order chi connectivity index (χ1) is 10.1. The van der Waals surface area contributed by atoms with E-state index in [1.807, 2.05) is 49.4 Å². The number of hydrogen-bond acceptors (Lipinski definition) is 2. The zero-order valence-corrected chi connectivity index (χ0v) is 14.0. The van der Waals surface area contributed by atoms with Crippen molar-refractivity contribution in [1.29, 1.82) is 0 Å². The van der Waals surface area contributed by atoms with E-state index in [4.69, 9.17) is 4.74 Å². The summed E-state index contributed by atoms with van der Waals surface area (Å²) in [6.07, 6.45) is 3.26. The van der Waals surface area contributed by atoms with Crippen molar-refractivity contribution in [2.45, 2.75) is 6.92 Å². The second-order valence-electron chi connectivity index (χ2n) is 4.52. The summed E-state index contributed by atoms with van der Waals surface area (Å²) in [4.78, 5) is 12.0. The fourth-order valence-corrected chi connectivity index (χ4v) is 2.56. The number of nitrogens with one attached hydrogen (secondary N) is 1. The zero-order chi connectivity index (χ0) is 15.2. The fraction of sp³-hybridized carbons (Fsp3) is 0.118. The Kier molecular flexibility index (Phi) is 5.38. The second kappa shape index (κ2) is 7.26. The molecule has 0 saturated carbocycles. The first kappa shape index (κ1) is 15.6. The predicted molar refractivity (Wildman–Crippen MR) is 94.6 cm³/mol. The van der Waals surface area contributed by atoms with Crippen molar-refractivity contribution in [3.63, 3.8) is 0 Å². The van der Waals surface area contributed by atoms with Gasteiger partial charge < -0.3 is 10.1 Å². The van der Waals surface area contributed by atoms with Gasteiger partial charge in [0.05, 0.1) is 7.11 Å². The molecule has 108 valence electrons. The summed E-state index contributed by atoms with van der Waals surface area (Å²) in [5.41, 5.74) is 2.74. The number of amides is 1. The summed E-state index contributed by atoms with van der Waals surface area (Å²) in [5, 5.41) is 2.88. The number of para-hydroxylation sites is 1. The maximum absolute atomic E-state index is 12.0. The van der Waals surface area contributed by atoms with Crippen LogP contribution in [0.25, 0.3) is 6.08 Å². The molecule has 1 N–H and O–H groups in total. The minimum atomic E-state index is -0.162. The molecule has 0 atom stereocenters. The quantitative estimate of drug-likeness (QED) is 0.623. The minimum Gasteiger partial charge on any atom is -0.496 e. The SMILES string of the molecule is COc1ccccc1/C=C/C(=O)Nc1ccc(I)cc1C. The third-order valence-electron chi connectivity index (χ3n) is 3.00. The molecule has 4 heteroatoms. The average Bonchev–Trinajstić information content (AvgIpc) is 2.48. The highest BCUT2D eigenvalue weighted by Gasteiger charge is 2.03. The molecule has 0 saturated heterocycles. The summed E-state index contributed by atoms with van der Waals surface area (Å²) in [5.74, 6) is 0.581. The maximum atomic E-state index is 12.0. The summed E-state index contributed by atoms with van der Waals surface area (Å²) in [6.45, 7) is 1.97. The Morgan fingerprint density at radius 2 is 2.00 bits per heavy atom. The van der Waals surface area contributed by atoms with Crippen LogP contribution in [0, 0.1) is 10.5 Å². The molecule has 2 aromatic rings. The summed E-state index contributed by atoms with van der Waals surface area (Å²) in [7, 11) is 1.61. The monoisotopic (exact) mass is 393 g/mol. The van der Waals surface area contributed by atoms with Crippen LogP contribution >= 0.6 is 22.6 Å². The van der Waals surface area contributed by atoms with Gasteiger partial charge in [-0.15, -0.1) is 0 Å². The van der Waals surface area contributed by atoms with Crippen molar-refractivity contribution in [3.8, 4) is 5.75 Å². The third kappa shape index (κ3) is 4.32. The highest BCUT2D eigenvalue weighted by atomic mass is 127. The Morgan fingerprint density at radius 3 is 2.71 bits per heavy atom. The largest absolute Gasteiger partial charge is 0.496 e. The topological polar surface area (TPSA) is 38.3 Å². The molecule has 21 heavy (non-hydrogen) atoms. The van der Waals surface area contributed by atoms with E-state index in [1.54, 1.807) is 13.2 Å². The van der Waals surface area contributed by atoms with Crippen LogP contribution in [-0.4, -0.2) is 13.0 Å². The normalized spacial score (nSPS) is 10.6.